The van der Waals surface area contributed by atoms with Gasteiger partial charge in [-0.05, 0) is 12.5 Å². The van der Waals surface area contributed by atoms with E-state index in [9.17, 15) is 8.78 Å². The Morgan fingerprint density at radius 1 is 1.17 bits per heavy atom. The molecule has 3 heteroatoms. The SMILES string of the molecule is Cc1ccc(C(Br)C(F)F)cc1. The molecule has 0 radical (unpaired) electrons. The molecule has 1 atom stereocenters. The molecule has 0 N–H and O–H groups in total. The summed E-state index contributed by atoms with van der Waals surface area (Å²) in [5.41, 5.74) is 1.70. The van der Waals surface area contributed by atoms with Gasteiger partial charge in [-0.1, -0.05) is 45.8 Å². The summed E-state index contributed by atoms with van der Waals surface area (Å²) in [5.74, 6) is 0. The van der Waals surface area contributed by atoms with Gasteiger partial charge in [-0.2, -0.15) is 0 Å². The number of aryl methyl sites for hydroxylation is 1. The van der Waals surface area contributed by atoms with Crippen molar-refractivity contribution in [2.45, 2.75) is 18.2 Å². The minimum Gasteiger partial charge on any atom is -0.209 e. The minimum atomic E-state index is -2.35. The third-order valence-electron chi connectivity index (χ3n) is 1.62. The average Bonchev–Trinajstić information content (AvgIpc) is 2.04. The summed E-state index contributed by atoms with van der Waals surface area (Å²) in [6, 6.07) is 7.07. The summed E-state index contributed by atoms with van der Waals surface area (Å²) in [7, 11) is 0. The van der Waals surface area contributed by atoms with Gasteiger partial charge in [0.2, 0.25) is 0 Å². The van der Waals surface area contributed by atoms with Crippen molar-refractivity contribution in [3.05, 3.63) is 35.4 Å². The quantitative estimate of drug-likeness (QED) is 0.685. The highest BCUT2D eigenvalue weighted by Crippen LogP contribution is 2.29. The Kier molecular flexibility index (Phi) is 3.20. The largest absolute Gasteiger partial charge is 0.255 e. The lowest BCUT2D eigenvalue weighted by molar-refractivity contribution is 0.147. The van der Waals surface area contributed by atoms with Crippen molar-refractivity contribution in [2.24, 2.45) is 0 Å². The molecule has 12 heavy (non-hydrogen) atoms. The van der Waals surface area contributed by atoms with Crippen LogP contribution in [0.1, 0.15) is 16.0 Å². The normalized spacial score (nSPS) is 13.4. The van der Waals surface area contributed by atoms with E-state index in [4.69, 9.17) is 0 Å². The van der Waals surface area contributed by atoms with E-state index in [1.54, 1.807) is 12.1 Å². The van der Waals surface area contributed by atoms with Crippen molar-refractivity contribution in [3.63, 3.8) is 0 Å². The van der Waals surface area contributed by atoms with Crippen LogP contribution in [0.15, 0.2) is 24.3 Å². The second-order valence-electron chi connectivity index (χ2n) is 2.65. The summed E-state index contributed by atoms with van der Waals surface area (Å²) in [5, 5.41) is 0. The topological polar surface area (TPSA) is 0 Å². The molecule has 0 bridgehead atoms. The standard InChI is InChI=1S/C9H9BrF2/c1-6-2-4-7(5-3-6)8(10)9(11)12/h2-5,8-9H,1H3. The van der Waals surface area contributed by atoms with E-state index in [1.807, 2.05) is 19.1 Å². The molecule has 0 saturated carbocycles. The minimum absolute atomic E-state index is 0.621. The molecule has 0 nitrogen and oxygen atoms in total. The first-order chi connectivity index (χ1) is 5.61. The van der Waals surface area contributed by atoms with E-state index in [0.717, 1.165) is 5.56 Å². The zero-order chi connectivity index (χ0) is 9.14. The van der Waals surface area contributed by atoms with Crippen LogP contribution < -0.4 is 0 Å². The van der Waals surface area contributed by atoms with Crippen molar-refractivity contribution < 1.29 is 8.78 Å². The van der Waals surface area contributed by atoms with Crippen LogP contribution in [0.4, 0.5) is 8.78 Å². The van der Waals surface area contributed by atoms with Gasteiger partial charge in [0.15, 0.2) is 0 Å². The van der Waals surface area contributed by atoms with Gasteiger partial charge in [-0.15, -0.1) is 0 Å². The highest BCUT2D eigenvalue weighted by Gasteiger charge is 2.17. The van der Waals surface area contributed by atoms with Crippen LogP contribution in [0.25, 0.3) is 0 Å². The molecule has 1 aromatic carbocycles. The molecule has 0 spiro atoms. The lowest BCUT2D eigenvalue weighted by atomic mass is 10.1. The first-order valence-corrected chi connectivity index (χ1v) is 4.51. The Bertz CT molecular complexity index is 243. The number of benzene rings is 1. The van der Waals surface area contributed by atoms with Crippen LogP contribution in [-0.4, -0.2) is 6.43 Å². The van der Waals surface area contributed by atoms with Gasteiger partial charge in [0.1, 0.15) is 4.83 Å². The van der Waals surface area contributed by atoms with Crippen LogP contribution in [0.3, 0.4) is 0 Å². The van der Waals surface area contributed by atoms with Crippen molar-refractivity contribution in [1.82, 2.24) is 0 Å². The summed E-state index contributed by atoms with van der Waals surface area (Å²) in [6.45, 7) is 1.93. The number of hydrogen-bond donors (Lipinski definition) is 0. The van der Waals surface area contributed by atoms with Crippen molar-refractivity contribution in [2.75, 3.05) is 0 Å². The van der Waals surface area contributed by atoms with Gasteiger partial charge in [0, 0.05) is 0 Å². The fourth-order valence-electron chi connectivity index (χ4n) is 0.896. The van der Waals surface area contributed by atoms with Gasteiger partial charge in [-0.3, -0.25) is 0 Å². The average molecular weight is 235 g/mol. The molecular formula is C9H9BrF2. The maximum Gasteiger partial charge on any atom is 0.255 e. The highest BCUT2D eigenvalue weighted by molar-refractivity contribution is 9.09. The van der Waals surface area contributed by atoms with E-state index in [0.29, 0.717) is 5.56 Å². The highest BCUT2D eigenvalue weighted by atomic mass is 79.9. The van der Waals surface area contributed by atoms with Gasteiger partial charge in [0.05, 0.1) is 0 Å². The number of rotatable bonds is 2. The molecule has 1 aromatic rings. The smallest absolute Gasteiger partial charge is 0.209 e. The summed E-state index contributed by atoms with van der Waals surface area (Å²) in [6.07, 6.45) is -2.35. The molecule has 0 amide bonds. The first kappa shape index (κ1) is 9.65. The van der Waals surface area contributed by atoms with Crippen LogP contribution in [0.5, 0.6) is 0 Å². The predicted octanol–water partition coefficient (Wildman–Crippen LogP) is 3.70. The monoisotopic (exact) mass is 234 g/mol. The van der Waals surface area contributed by atoms with Crippen LogP contribution in [-0.2, 0) is 0 Å². The van der Waals surface area contributed by atoms with Crippen molar-refractivity contribution in [1.29, 1.82) is 0 Å². The van der Waals surface area contributed by atoms with E-state index in [2.05, 4.69) is 15.9 Å². The van der Waals surface area contributed by atoms with Crippen molar-refractivity contribution in [3.8, 4) is 0 Å². The Hall–Kier alpha value is -0.440. The lowest BCUT2D eigenvalue weighted by Crippen LogP contribution is -2.00. The summed E-state index contributed by atoms with van der Waals surface area (Å²) < 4.78 is 24.3. The zero-order valence-corrected chi connectivity index (χ0v) is 8.18. The van der Waals surface area contributed by atoms with E-state index < -0.39 is 11.3 Å². The van der Waals surface area contributed by atoms with Gasteiger partial charge in [-0.25, -0.2) is 8.78 Å². The number of hydrogen-bond acceptors (Lipinski definition) is 0. The molecule has 1 rings (SSSR count). The zero-order valence-electron chi connectivity index (χ0n) is 6.60. The van der Waals surface area contributed by atoms with Crippen LogP contribution in [0, 0.1) is 6.92 Å². The lowest BCUT2D eigenvalue weighted by Gasteiger charge is -2.08. The maximum atomic E-state index is 12.2. The van der Waals surface area contributed by atoms with Crippen LogP contribution >= 0.6 is 15.9 Å². The Labute approximate surface area is 78.7 Å². The van der Waals surface area contributed by atoms with Crippen molar-refractivity contribution >= 4 is 15.9 Å². The molecule has 0 saturated heterocycles. The maximum absolute atomic E-state index is 12.2. The number of halogens is 3. The van der Waals surface area contributed by atoms with E-state index in [-0.39, 0.29) is 0 Å². The fourth-order valence-corrected chi connectivity index (χ4v) is 1.20. The second kappa shape index (κ2) is 3.99. The fraction of sp³-hybridized carbons (Fsp3) is 0.333. The summed E-state index contributed by atoms with van der Waals surface area (Å²) in [4.78, 5) is -0.849. The molecule has 0 fully saturated rings. The first-order valence-electron chi connectivity index (χ1n) is 3.60. The van der Waals surface area contributed by atoms with Gasteiger partial charge < -0.3 is 0 Å². The predicted molar refractivity (Wildman–Crippen MR) is 48.9 cm³/mol. The molecule has 0 heterocycles. The number of alkyl halides is 3. The summed E-state index contributed by atoms with van der Waals surface area (Å²) >= 11 is 2.92. The third kappa shape index (κ3) is 2.27. The molecular weight excluding hydrogens is 226 g/mol. The Balaban J connectivity index is 2.82. The third-order valence-corrected chi connectivity index (χ3v) is 2.55. The molecule has 0 aliphatic rings. The van der Waals surface area contributed by atoms with E-state index in [1.165, 1.54) is 0 Å². The van der Waals surface area contributed by atoms with Crippen LogP contribution in [0.2, 0.25) is 0 Å². The molecule has 0 aromatic heterocycles. The molecule has 0 aliphatic heterocycles. The van der Waals surface area contributed by atoms with Gasteiger partial charge in [0.25, 0.3) is 6.43 Å². The van der Waals surface area contributed by atoms with E-state index >= 15 is 0 Å². The Morgan fingerprint density at radius 2 is 1.67 bits per heavy atom. The molecule has 0 aliphatic carbocycles. The van der Waals surface area contributed by atoms with Gasteiger partial charge >= 0.3 is 0 Å². The second-order valence-corrected chi connectivity index (χ2v) is 3.63. The molecule has 66 valence electrons. The molecule has 1 unspecified atom stereocenters. The Morgan fingerprint density at radius 3 is 2.08 bits per heavy atom.